The molecule has 2 heterocycles. The summed E-state index contributed by atoms with van der Waals surface area (Å²) < 4.78 is 32.4. The van der Waals surface area contributed by atoms with Crippen LogP contribution in [0.25, 0.3) is 0 Å². The molecule has 7 heteroatoms. The highest BCUT2D eigenvalue weighted by molar-refractivity contribution is 6.29. The van der Waals surface area contributed by atoms with Crippen LogP contribution in [0, 0.1) is 11.6 Å². The first-order valence-electron chi connectivity index (χ1n) is 6.65. The second-order valence-electron chi connectivity index (χ2n) is 5.13. The minimum atomic E-state index is -0.818. The molecule has 1 aromatic carbocycles. The van der Waals surface area contributed by atoms with Crippen molar-refractivity contribution in [2.45, 2.75) is 18.6 Å². The Hall–Kier alpha value is -1.92. The van der Waals surface area contributed by atoms with Gasteiger partial charge in [0.2, 0.25) is 0 Å². The molecule has 2 atom stereocenters. The standard InChI is InChI=1S/C15H12ClF2NO3/c16-14-4-3-13(22-14)15(21)19-7-9(20)6-12(19)10-5-8(17)1-2-11(10)18/h1-5,9,12,20H,6-7H2. The molecule has 3 rings (SSSR count). The fourth-order valence-corrected chi connectivity index (χ4v) is 2.82. The van der Waals surface area contributed by atoms with Gasteiger partial charge in [-0.15, -0.1) is 0 Å². The molecule has 2 aromatic rings. The Labute approximate surface area is 129 Å². The van der Waals surface area contributed by atoms with E-state index in [0.717, 1.165) is 18.2 Å². The van der Waals surface area contributed by atoms with E-state index in [-0.39, 0.29) is 29.5 Å². The number of hydrogen-bond donors (Lipinski definition) is 1. The Kier molecular flexibility index (Phi) is 3.88. The van der Waals surface area contributed by atoms with Crippen molar-refractivity contribution < 1.29 is 23.1 Å². The van der Waals surface area contributed by atoms with Gasteiger partial charge in [-0.25, -0.2) is 8.78 Å². The van der Waals surface area contributed by atoms with E-state index in [9.17, 15) is 18.7 Å². The first kappa shape index (κ1) is 15.0. The minimum Gasteiger partial charge on any atom is -0.440 e. The van der Waals surface area contributed by atoms with E-state index in [4.69, 9.17) is 16.0 Å². The third kappa shape index (κ3) is 2.71. The Morgan fingerprint density at radius 2 is 2.09 bits per heavy atom. The maximum Gasteiger partial charge on any atom is 0.290 e. The summed E-state index contributed by atoms with van der Waals surface area (Å²) in [6, 6.07) is 5.09. The summed E-state index contributed by atoms with van der Waals surface area (Å²) in [6.45, 7) is 0.0117. The molecule has 0 saturated carbocycles. The number of carbonyl (C=O) groups excluding carboxylic acids is 1. The van der Waals surface area contributed by atoms with Crippen LogP contribution in [-0.2, 0) is 0 Å². The summed E-state index contributed by atoms with van der Waals surface area (Å²) in [6.07, 6.45) is -0.692. The lowest BCUT2D eigenvalue weighted by Crippen LogP contribution is -2.32. The van der Waals surface area contributed by atoms with E-state index in [0.29, 0.717) is 0 Å². The molecule has 1 saturated heterocycles. The predicted octanol–water partition coefficient (Wildman–Crippen LogP) is 3.16. The molecule has 1 aliphatic rings. The van der Waals surface area contributed by atoms with Crippen molar-refractivity contribution in [2.24, 2.45) is 0 Å². The number of aliphatic hydroxyl groups excluding tert-OH is 1. The number of nitrogens with zero attached hydrogens (tertiary/aromatic N) is 1. The molecule has 1 aliphatic heterocycles. The molecule has 22 heavy (non-hydrogen) atoms. The SMILES string of the molecule is O=C(c1ccc(Cl)o1)N1CC(O)CC1c1cc(F)ccc1F. The van der Waals surface area contributed by atoms with Crippen molar-refractivity contribution in [1.29, 1.82) is 0 Å². The second kappa shape index (κ2) is 5.70. The summed E-state index contributed by atoms with van der Waals surface area (Å²) in [5, 5.41) is 9.88. The van der Waals surface area contributed by atoms with E-state index >= 15 is 0 Å². The summed E-state index contributed by atoms with van der Waals surface area (Å²) in [5.74, 6) is -1.78. The molecule has 0 radical (unpaired) electrons. The van der Waals surface area contributed by atoms with Crippen LogP contribution < -0.4 is 0 Å². The molecule has 2 unspecified atom stereocenters. The third-order valence-electron chi connectivity index (χ3n) is 3.64. The molecule has 116 valence electrons. The van der Waals surface area contributed by atoms with Gasteiger partial charge in [0.15, 0.2) is 11.0 Å². The number of β-amino-alcohol motifs (C(OH)–C–C–N with tert-alkyl or cyclic N) is 1. The van der Waals surface area contributed by atoms with Crippen LogP contribution >= 0.6 is 11.6 Å². The van der Waals surface area contributed by atoms with Gasteiger partial charge in [0.25, 0.3) is 5.91 Å². The lowest BCUT2D eigenvalue weighted by atomic mass is 10.0. The highest BCUT2D eigenvalue weighted by Crippen LogP contribution is 2.35. The van der Waals surface area contributed by atoms with Crippen LogP contribution in [-0.4, -0.2) is 28.6 Å². The van der Waals surface area contributed by atoms with Gasteiger partial charge in [-0.05, 0) is 48.4 Å². The topological polar surface area (TPSA) is 53.7 Å². The lowest BCUT2D eigenvalue weighted by Gasteiger charge is -2.24. The average Bonchev–Trinajstić information content (AvgIpc) is 3.07. The van der Waals surface area contributed by atoms with Crippen molar-refractivity contribution in [1.82, 2.24) is 4.90 Å². The van der Waals surface area contributed by atoms with Gasteiger partial charge in [-0.3, -0.25) is 4.79 Å². The van der Waals surface area contributed by atoms with E-state index < -0.39 is 29.7 Å². The van der Waals surface area contributed by atoms with E-state index in [2.05, 4.69) is 0 Å². The Morgan fingerprint density at radius 3 is 2.77 bits per heavy atom. The zero-order valence-corrected chi connectivity index (χ0v) is 12.1. The predicted molar refractivity (Wildman–Crippen MR) is 74.5 cm³/mol. The highest BCUT2D eigenvalue weighted by atomic mass is 35.5. The van der Waals surface area contributed by atoms with Gasteiger partial charge >= 0.3 is 0 Å². The van der Waals surface area contributed by atoms with Crippen LogP contribution in [0.3, 0.4) is 0 Å². The fraction of sp³-hybridized carbons (Fsp3) is 0.267. The Balaban J connectivity index is 1.95. The highest BCUT2D eigenvalue weighted by Gasteiger charge is 2.38. The molecular weight excluding hydrogens is 316 g/mol. The van der Waals surface area contributed by atoms with Crippen LogP contribution in [0.5, 0.6) is 0 Å². The smallest absolute Gasteiger partial charge is 0.290 e. The molecule has 1 amide bonds. The van der Waals surface area contributed by atoms with E-state index in [1.165, 1.54) is 17.0 Å². The summed E-state index contributed by atoms with van der Waals surface area (Å²) in [7, 11) is 0. The third-order valence-corrected chi connectivity index (χ3v) is 3.84. The fourth-order valence-electron chi connectivity index (χ4n) is 2.67. The van der Waals surface area contributed by atoms with Gasteiger partial charge in [0.1, 0.15) is 11.6 Å². The zero-order chi connectivity index (χ0) is 15.9. The van der Waals surface area contributed by atoms with Crippen molar-refractivity contribution in [3.8, 4) is 0 Å². The second-order valence-corrected chi connectivity index (χ2v) is 5.50. The molecular formula is C15H12ClF2NO3. The Bertz CT molecular complexity index is 719. The number of carbonyl (C=O) groups is 1. The molecule has 0 aliphatic carbocycles. The van der Waals surface area contributed by atoms with Gasteiger partial charge in [-0.2, -0.15) is 0 Å². The van der Waals surface area contributed by atoms with Gasteiger partial charge in [-0.1, -0.05) is 0 Å². The maximum absolute atomic E-state index is 14.0. The molecule has 1 N–H and O–H groups in total. The molecule has 4 nitrogen and oxygen atoms in total. The maximum atomic E-state index is 14.0. The number of rotatable bonds is 2. The summed E-state index contributed by atoms with van der Waals surface area (Å²) in [5.41, 5.74) is 0.0301. The van der Waals surface area contributed by atoms with E-state index in [1.54, 1.807) is 0 Å². The molecule has 1 aromatic heterocycles. The number of amides is 1. The molecule has 0 bridgehead atoms. The zero-order valence-electron chi connectivity index (χ0n) is 11.3. The molecule has 1 fully saturated rings. The first-order chi connectivity index (χ1) is 10.5. The monoisotopic (exact) mass is 327 g/mol. The number of hydrogen-bond acceptors (Lipinski definition) is 3. The summed E-state index contributed by atoms with van der Waals surface area (Å²) in [4.78, 5) is 13.7. The Morgan fingerprint density at radius 1 is 1.32 bits per heavy atom. The number of benzene rings is 1. The summed E-state index contributed by atoms with van der Waals surface area (Å²) >= 11 is 5.64. The van der Waals surface area contributed by atoms with Crippen molar-refractivity contribution in [3.05, 3.63) is 58.5 Å². The van der Waals surface area contributed by atoms with Crippen LogP contribution in [0.15, 0.2) is 34.7 Å². The molecule has 0 spiro atoms. The largest absolute Gasteiger partial charge is 0.440 e. The van der Waals surface area contributed by atoms with Crippen LogP contribution in [0.2, 0.25) is 5.22 Å². The van der Waals surface area contributed by atoms with Crippen molar-refractivity contribution in [3.63, 3.8) is 0 Å². The van der Waals surface area contributed by atoms with Gasteiger partial charge < -0.3 is 14.4 Å². The normalized spacial score (nSPS) is 21.4. The van der Waals surface area contributed by atoms with Crippen molar-refractivity contribution >= 4 is 17.5 Å². The quantitative estimate of drug-likeness (QED) is 0.922. The number of likely N-dealkylation sites (tertiary alicyclic amines) is 1. The van der Waals surface area contributed by atoms with Gasteiger partial charge in [0, 0.05) is 12.1 Å². The van der Waals surface area contributed by atoms with E-state index in [1.807, 2.05) is 0 Å². The number of halogens is 3. The average molecular weight is 328 g/mol. The van der Waals surface area contributed by atoms with Crippen LogP contribution in [0.1, 0.15) is 28.6 Å². The van der Waals surface area contributed by atoms with Gasteiger partial charge in [0.05, 0.1) is 12.1 Å². The number of aliphatic hydroxyl groups is 1. The lowest BCUT2D eigenvalue weighted by molar-refractivity contribution is 0.0682. The number of furan rings is 1. The minimum absolute atomic E-state index is 0.0117. The van der Waals surface area contributed by atoms with Crippen molar-refractivity contribution in [2.75, 3.05) is 6.54 Å². The first-order valence-corrected chi connectivity index (χ1v) is 7.03. The van der Waals surface area contributed by atoms with Crippen LogP contribution in [0.4, 0.5) is 8.78 Å².